The Labute approximate surface area is 152 Å². The molecule has 0 spiro atoms. The van der Waals surface area contributed by atoms with Gasteiger partial charge >= 0.3 is 5.97 Å². The first-order chi connectivity index (χ1) is 11.8. The molecule has 8 heteroatoms. The molecular weight excluding hydrogens is 343 g/mol. The minimum Gasteiger partial charge on any atom is -0.436 e. The summed E-state index contributed by atoms with van der Waals surface area (Å²) < 4.78 is 25.0. The number of hydrogen-bond acceptors (Lipinski definition) is 6. The molecule has 144 valence electrons. The van der Waals surface area contributed by atoms with Gasteiger partial charge in [-0.2, -0.15) is 0 Å². The molecule has 25 heavy (non-hydrogen) atoms. The molecule has 0 aliphatic carbocycles. The molecule has 1 aliphatic heterocycles. The van der Waals surface area contributed by atoms with E-state index in [-0.39, 0.29) is 30.1 Å². The molecular formula is C17H31N2O5P. The van der Waals surface area contributed by atoms with Crippen LogP contribution < -0.4 is 0 Å². The first-order valence-corrected chi connectivity index (χ1v) is 9.89. The van der Waals surface area contributed by atoms with Crippen molar-refractivity contribution < 1.29 is 23.3 Å². The quantitative estimate of drug-likeness (QED) is 0.252. The number of nitrogens with zero attached hydrogens (tertiary/aromatic N) is 2. The Morgan fingerprint density at radius 3 is 2.48 bits per heavy atom. The van der Waals surface area contributed by atoms with Gasteiger partial charge in [0.25, 0.3) is 8.53 Å². The van der Waals surface area contributed by atoms with Gasteiger partial charge in [0.2, 0.25) is 12.8 Å². The molecule has 1 rings (SSSR count). The van der Waals surface area contributed by atoms with E-state index >= 15 is 0 Å². The van der Waals surface area contributed by atoms with Crippen molar-refractivity contribution in [3.05, 3.63) is 11.4 Å². The summed E-state index contributed by atoms with van der Waals surface area (Å²) in [6.45, 7) is 19.8. The zero-order chi connectivity index (χ0) is 19.0. The Kier molecular flexibility index (Phi) is 9.84. The minimum atomic E-state index is -1.25. The summed E-state index contributed by atoms with van der Waals surface area (Å²) in [4.78, 5) is 14.4. The molecule has 1 heterocycles. The van der Waals surface area contributed by atoms with Gasteiger partial charge in [-0.05, 0) is 34.6 Å². The number of carbonyl (C=O) groups is 1. The molecule has 7 nitrogen and oxygen atoms in total. The van der Waals surface area contributed by atoms with Crippen molar-refractivity contribution in [2.45, 2.75) is 72.4 Å². The lowest BCUT2D eigenvalue weighted by Gasteiger charge is -2.35. The van der Waals surface area contributed by atoms with Crippen LogP contribution in [0.2, 0.25) is 0 Å². The fraction of sp³-hybridized carbons (Fsp3) is 0.882. The summed E-state index contributed by atoms with van der Waals surface area (Å²) in [6.07, 6.45) is 0.0765. The van der Waals surface area contributed by atoms with Gasteiger partial charge < -0.3 is 23.4 Å². The van der Waals surface area contributed by atoms with Gasteiger partial charge in [-0.25, -0.2) is 11.2 Å². The molecule has 0 aromatic carbocycles. The Morgan fingerprint density at radius 2 is 1.96 bits per heavy atom. The number of hydrogen-bond donors (Lipinski definition) is 0. The zero-order valence-corrected chi connectivity index (χ0v) is 17.0. The maximum Gasteiger partial charge on any atom is 0.304 e. The first-order valence-electron chi connectivity index (χ1n) is 8.76. The van der Waals surface area contributed by atoms with Gasteiger partial charge in [0.15, 0.2) is 0 Å². The monoisotopic (exact) mass is 374 g/mol. The second kappa shape index (κ2) is 11.1. The average molecular weight is 374 g/mol. The predicted octanol–water partition coefficient (Wildman–Crippen LogP) is 3.60. The average Bonchev–Trinajstić information content (AvgIpc) is 2.82. The van der Waals surface area contributed by atoms with Crippen LogP contribution >= 0.6 is 8.53 Å². The summed E-state index contributed by atoms with van der Waals surface area (Å²) in [5.74, 6) is -0.200. The lowest BCUT2D eigenvalue weighted by molar-refractivity contribution is -0.171. The molecule has 0 radical (unpaired) electrons. The van der Waals surface area contributed by atoms with E-state index in [2.05, 4.69) is 37.2 Å². The number of carbonyl (C=O) groups excluding carboxylic acids is 1. The van der Waals surface area contributed by atoms with E-state index in [0.717, 1.165) is 0 Å². The van der Waals surface area contributed by atoms with Crippen molar-refractivity contribution in [2.24, 2.45) is 5.92 Å². The van der Waals surface area contributed by atoms with E-state index in [4.69, 9.17) is 25.1 Å². The third kappa shape index (κ3) is 7.55. The molecule has 0 aromatic heterocycles. The molecule has 4 atom stereocenters. The second-order valence-electron chi connectivity index (χ2n) is 6.69. The van der Waals surface area contributed by atoms with Crippen LogP contribution in [-0.4, -0.2) is 54.9 Å². The van der Waals surface area contributed by atoms with Crippen LogP contribution in [0.3, 0.4) is 0 Å². The standard InChI is InChI=1S/C17H31N2O5P/c1-12(2)19(13(3)4)25(21-9-8-18-7)22-11-16-10-17(23-14(16)5)24-15(6)20/h12-14,16-17H,8-11H2,1-6H3/t14-,16+,17+,25?/m1/s1. The van der Waals surface area contributed by atoms with Gasteiger partial charge in [-0.3, -0.25) is 4.79 Å². The Balaban J connectivity index is 2.64. The molecule has 1 saturated heterocycles. The van der Waals surface area contributed by atoms with Crippen molar-refractivity contribution in [2.75, 3.05) is 19.8 Å². The van der Waals surface area contributed by atoms with Gasteiger partial charge in [-0.1, -0.05) is 0 Å². The van der Waals surface area contributed by atoms with Crippen LogP contribution in [0.15, 0.2) is 0 Å². The zero-order valence-electron chi connectivity index (χ0n) is 16.1. The third-order valence-electron chi connectivity index (χ3n) is 3.87. The largest absolute Gasteiger partial charge is 0.436 e. The summed E-state index contributed by atoms with van der Waals surface area (Å²) in [5.41, 5.74) is 0. The molecule has 1 aliphatic rings. The van der Waals surface area contributed by atoms with Crippen LogP contribution in [0, 0.1) is 12.5 Å². The fourth-order valence-corrected chi connectivity index (χ4v) is 4.43. The number of esters is 1. The van der Waals surface area contributed by atoms with Crippen LogP contribution in [0.1, 0.15) is 48.0 Å². The van der Waals surface area contributed by atoms with Crippen molar-refractivity contribution in [3.63, 3.8) is 0 Å². The van der Waals surface area contributed by atoms with E-state index in [1.54, 1.807) is 0 Å². The summed E-state index contributed by atoms with van der Waals surface area (Å²) in [6, 6.07) is 0.537. The Morgan fingerprint density at radius 1 is 1.32 bits per heavy atom. The Bertz CT molecular complexity index is 447. The molecule has 0 N–H and O–H groups in total. The molecule has 1 unspecified atom stereocenters. The highest BCUT2D eigenvalue weighted by Crippen LogP contribution is 2.47. The van der Waals surface area contributed by atoms with Gasteiger partial charge in [0, 0.05) is 31.3 Å². The predicted molar refractivity (Wildman–Crippen MR) is 96.6 cm³/mol. The van der Waals surface area contributed by atoms with Crippen molar-refractivity contribution in [1.82, 2.24) is 4.67 Å². The Hall–Kier alpha value is -0.770. The van der Waals surface area contributed by atoms with E-state index in [0.29, 0.717) is 26.2 Å². The van der Waals surface area contributed by atoms with Gasteiger partial charge in [-0.15, -0.1) is 0 Å². The van der Waals surface area contributed by atoms with Crippen LogP contribution in [0.5, 0.6) is 0 Å². The van der Waals surface area contributed by atoms with Crippen molar-refractivity contribution >= 4 is 14.5 Å². The summed E-state index contributed by atoms with van der Waals surface area (Å²) >= 11 is 0. The lowest BCUT2D eigenvalue weighted by Crippen LogP contribution is -2.34. The molecule has 0 aromatic rings. The maximum absolute atomic E-state index is 11.1. The topological polar surface area (TPSA) is 61.6 Å². The molecule has 0 bridgehead atoms. The smallest absolute Gasteiger partial charge is 0.304 e. The van der Waals surface area contributed by atoms with E-state index in [1.165, 1.54) is 6.92 Å². The van der Waals surface area contributed by atoms with Gasteiger partial charge in [0.1, 0.15) is 6.61 Å². The summed E-state index contributed by atoms with van der Waals surface area (Å²) in [7, 11) is -1.25. The first kappa shape index (κ1) is 22.3. The van der Waals surface area contributed by atoms with E-state index in [1.807, 2.05) is 6.92 Å². The normalized spacial score (nSPS) is 24.7. The third-order valence-corrected chi connectivity index (χ3v) is 5.95. The lowest BCUT2D eigenvalue weighted by atomic mass is 10.0. The van der Waals surface area contributed by atoms with Crippen LogP contribution in [0.25, 0.3) is 4.85 Å². The molecule has 0 saturated carbocycles. The number of rotatable bonds is 10. The SMILES string of the molecule is [C-]#[N+]CCOP(OC[C@@H]1C[C@H](OC(C)=O)O[C@@H]1C)N(C(C)C)C(C)C. The highest BCUT2D eigenvalue weighted by Gasteiger charge is 2.36. The molecule has 1 fully saturated rings. The van der Waals surface area contributed by atoms with Gasteiger partial charge in [0.05, 0.1) is 12.7 Å². The fourth-order valence-electron chi connectivity index (χ4n) is 2.78. The van der Waals surface area contributed by atoms with Crippen molar-refractivity contribution in [3.8, 4) is 0 Å². The minimum absolute atomic E-state index is 0.0454. The highest BCUT2D eigenvalue weighted by molar-refractivity contribution is 7.44. The second-order valence-corrected chi connectivity index (χ2v) is 8.15. The maximum atomic E-state index is 11.1. The number of ether oxygens (including phenoxy) is 2. The van der Waals surface area contributed by atoms with Crippen LogP contribution in [-0.2, 0) is 23.3 Å². The highest BCUT2D eigenvalue weighted by atomic mass is 31.2. The van der Waals surface area contributed by atoms with Crippen LogP contribution in [0.4, 0.5) is 0 Å². The summed E-state index contributed by atoms with van der Waals surface area (Å²) in [5, 5.41) is 0. The van der Waals surface area contributed by atoms with E-state index < -0.39 is 14.8 Å². The molecule has 0 amide bonds. The van der Waals surface area contributed by atoms with Crippen molar-refractivity contribution in [1.29, 1.82) is 0 Å². The van der Waals surface area contributed by atoms with E-state index in [9.17, 15) is 4.79 Å².